The third-order valence-electron chi connectivity index (χ3n) is 2.98. The van der Waals surface area contributed by atoms with Crippen LogP contribution < -0.4 is 0 Å². The molecule has 0 atom stereocenters. The van der Waals surface area contributed by atoms with Crippen LogP contribution in [0.3, 0.4) is 0 Å². The van der Waals surface area contributed by atoms with Gasteiger partial charge in [-0.3, -0.25) is 4.98 Å². The van der Waals surface area contributed by atoms with Crippen LogP contribution in [0.15, 0.2) is 42.7 Å². The summed E-state index contributed by atoms with van der Waals surface area (Å²) in [6, 6.07) is 9.69. The van der Waals surface area contributed by atoms with E-state index < -0.39 is 11.9 Å². The van der Waals surface area contributed by atoms with E-state index in [1.807, 2.05) is 6.07 Å². The Morgan fingerprint density at radius 3 is 2.57 bits per heavy atom. The number of nitriles is 1. The fraction of sp³-hybridized carbons (Fsp3) is 0.0714. The van der Waals surface area contributed by atoms with E-state index in [1.54, 1.807) is 24.3 Å². The minimum Gasteiger partial charge on any atom is -0.255 e. The zero-order valence-corrected chi connectivity index (χ0v) is 10.5. The van der Waals surface area contributed by atoms with Gasteiger partial charge in [0, 0.05) is 17.8 Å². The molecule has 4 nitrogen and oxygen atoms in total. The quantitative estimate of drug-likeness (QED) is 0.690. The third kappa shape index (κ3) is 2.21. The molecule has 0 N–H and O–H groups in total. The number of fused-ring (bicyclic) bond motifs is 1. The zero-order chi connectivity index (χ0) is 15.0. The fourth-order valence-corrected chi connectivity index (χ4v) is 2.06. The van der Waals surface area contributed by atoms with Crippen LogP contribution in [0.1, 0.15) is 11.3 Å². The summed E-state index contributed by atoms with van der Waals surface area (Å²) < 4.78 is 39.0. The molecular weight excluding hydrogens is 281 g/mol. The van der Waals surface area contributed by atoms with Gasteiger partial charge in [-0.05, 0) is 12.1 Å². The summed E-state index contributed by atoms with van der Waals surface area (Å²) in [7, 11) is 0. The van der Waals surface area contributed by atoms with Crippen LogP contribution in [0, 0.1) is 11.3 Å². The molecule has 0 bridgehead atoms. The summed E-state index contributed by atoms with van der Waals surface area (Å²) in [6.07, 6.45) is -2.01. The zero-order valence-electron chi connectivity index (χ0n) is 10.5. The first-order valence-corrected chi connectivity index (χ1v) is 5.92. The molecule has 3 aromatic rings. The third-order valence-corrected chi connectivity index (χ3v) is 2.98. The van der Waals surface area contributed by atoms with E-state index in [0.29, 0.717) is 16.6 Å². The molecular formula is C14H7F3N4. The molecule has 2 aromatic heterocycles. The van der Waals surface area contributed by atoms with Crippen LogP contribution in [0.4, 0.5) is 13.2 Å². The van der Waals surface area contributed by atoms with E-state index >= 15 is 0 Å². The van der Waals surface area contributed by atoms with Gasteiger partial charge in [-0.2, -0.15) is 23.5 Å². The Hall–Kier alpha value is -2.88. The SMILES string of the molecule is N#Cc1cnc2ccccc2c1-n1ccc(C(F)(F)F)n1. The van der Waals surface area contributed by atoms with Crippen LogP contribution in [0.25, 0.3) is 16.6 Å². The van der Waals surface area contributed by atoms with Crippen molar-refractivity contribution in [2.45, 2.75) is 6.18 Å². The Kier molecular flexibility index (Phi) is 2.87. The van der Waals surface area contributed by atoms with Crippen molar-refractivity contribution in [3.05, 3.63) is 54.0 Å². The van der Waals surface area contributed by atoms with E-state index in [4.69, 9.17) is 5.26 Å². The van der Waals surface area contributed by atoms with Gasteiger partial charge in [-0.25, -0.2) is 4.68 Å². The molecule has 0 radical (unpaired) electrons. The van der Waals surface area contributed by atoms with Crippen molar-refractivity contribution in [3.63, 3.8) is 0 Å². The van der Waals surface area contributed by atoms with E-state index in [0.717, 1.165) is 10.7 Å². The highest BCUT2D eigenvalue weighted by molar-refractivity contribution is 5.89. The number of alkyl halides is 3. The molecule has 104 valence electrons. The topological polar surface area (TPSA) is 54.5 Å². The van der Waals surface area contributed by atoms with Gasteiger partial charge in [0.15, 0.2) is 5.69 Å². The molecule has 1 aromatic carbocycles. The molecule has 7 heteroatoms. The summed E-state index contributed by atoms with van der Waals surface area (Å²) >= 11 is 0. The molecule has 0 saturated carbocycles. The lowest BCUT2D eigenvalue weighted by Gasteiger charge is -2.08. The molecule has 0 spiro atoms. The maximum Gasteiger partial charge on any atom is 0.435 e. The summed E-state index contributed by atoms with van der Waals surface area (Å²) in [5, 5.41) is 13.2. The number of para-hydroxylation sites is 1. The second-order valence-corrected chi connectivity index (χ2v) is 4.29. The van der Waals surface area contributed by atoms with Crippen molar-refractivity contribution in [1.82, 2.24) is 14.8 Å². The Bertz CT molecular complexity index is 859. The first-order chi connectivity index (χ1) is 10.0. The number of hydrogen-bond donors (Lipinski definition) is 0. The Morgan fingerprint density at radius 2 is 1.90 bits per heavy atom. The molecule has 2 heterocycles. The van der Waals surface area contributed by atoms with E-state index in [2.05, 4.69) is 10.1 Å². The lowest BCUT2D eigenvalue weighted by Crippen LogP contribution is -2.08. The van der Waals surface area contributed by atoms with Gasteiger partial charge in [0.2, 0.25) is 0 Å². The van der Waals surface area contributed by atoms with E-state index in [1.165, 1.54) is 12.4 Å². The maximum absolute atomic E-state index is 12.7. The largest absolute Gasteiger partial charge is 0.435 e. The second-order valence-electron chi connectivity index (χ2n) is 4.29. The minimum absolute atomic E-state index is 0.158. The molecule has 0 saturated heterocycles. The number of hydrogen-bond acceptors (Lipinski definition) is 3. The molecule has 0 fully saturated rings. The number of halogens is 3. The van der Waals surface area contributed by atoms with Gasteiger partial charge in [0.1, 0.15) is 6.07 Å². The van der Waals surface area contributed by atoms with Crippen LogP contribution in [-0.2, 0) is 6.18 Å². The number of nitrogens with zero attached hydrogens (tertiary/aromatic N) is 4. The van der Waals surface area contributed by atoms with Gasteiger partial charge in [0.25, 0.3) is 0 Å². The van der Waals surface area contributed by atoms with Crippen LogP contribution in [0.2, 0.25) is 0 Å². The van der Waals surface area contributed by atoms with Crippen molar-refractivity contribution in [2.24, 2.45) is 0 Å². The fourth-order valence-electron chi connectivity index (χ4n) is 2.06. The Balaban J connectivity index is 2.29. The summed E-state index contributed by atoms with van der Waals surface area (Å²) in [5.41, 5.74) is 0.0203. The van der Waals surface area contributed by atoms with Crippen LogP contribution >= 0.6 is 0 Å². The lowest BCUT2D eigenvalue weighted by atomic mass is 10.1. The first kappa shape index (κ1) is 13.1. The second kappa shape index (κ2) is 4.59. The van der Waals surface area contributed by atoms with Crippen LogP contribution in [0.5, 0.6) is 0 Å². The molecule has 0 unspecified atom stereocenters. The van der Waals surface area contributed by atoms with Crippen molar-refractivity contribution in [1.29, 1.82) is 5.26 Å². The van der Waals surface area contributed by atoms with E-state index in [9.17, 15) is 13.2 Å². The summed E-state index contributed by atoms with van der Waals surface area (Å²) in [6.45, 7) is 0. The minimum atomic E-state index is -4.53. The van der Waals surface area contributed by atoms with Crippen molar-refractivity contribution >= 4 is 10.9 Å². The Labute approximate surface area is 117 Å². The number of rotatable bonds is 1. The van der Waals surface area contributed by atoms with Gasteiger partial charge in [-0.15, -0.1) is 0 Å². The predicted molar refractivity (Wildman–Crippen MR) is 68.6 cm³/mol. The molecule has 0 aliphatic carbocycles. The number of aromatic nitrogens is 3. The van der Waals surface area contributed by atoms with Gasteiger partial charge >= 0.3 is 6.18 Å². The highest BCUT2D eigenvalue weighted by Gasteiger charge is 2.33. The first-order valence-electron chi connectivity index (χ1n) is 5.92. The summed E-state index contributed by atoms with van der Waals surface area (Å²) in [5.74, 6) is 0. The molecule has 0 aliphatic heterocycles. The van der Waals surface area contributed by atoms with Crippen molar-refractivity contribution in [3.8, 4) is 11.8 Å². The Morgan fingerprint density at radius 1 is 1.14 bits per heavy atom. The number of pyridine rings is 1. The van der Waals surface area contributed by atoms with Crippen molar-refractivity contribution < 1.29 is 13.2 Å². The maximum atomic E-state index is 12.7. The van der Waals surface area contributed by atoms with Gasteiger partial charge in [-0.1, -0.05) is 18.2 Å². The number of benzene rings is 1. The molecule has 0 aliphatic rings. The van der Waals surface area contributed by atoms with Crippen molar-refractivity contribution in [2.75, 3.05) is 0 Å². The highest BCUT2D eigenvalue weighted by Crippen LogP contribution is 2.29. The average Bonchev–Trinajstić information content (AvgIpc) is 2.95. The highest BCUT2D eigenvalue weighted by atomic mass is 19.4. The molecule has 3 rings (SSSR count). The lowest BCUT2D eigenvalue weighted by molar-refractivity contribution is -0.141. The molecule has 0 amide bonds. The molecule has 21 heavy (non-hydrogen) atoms. The van der Waals surface area contributed by atoms with Gasteiger partial charge in [0.05, 0.1) is 16.8 Å². The smallest absolute Gasteiger partial charge is 0.255 e. The monoisotopic (exact) mass is 288 g/mol. The summed E-state index contributed by atoms with van der Waals surface area (Å²) in [4.78, 5) is 4.11. The predicted octanol–water partition coefficient (Wildman–Crippen LogP) is 3.31. The van der Waals surface area contributed by atoms with E-state index in [-0.39, 0.29) is 5.56 Å². The normalized spacial score (nSPS) is 11.5. The standard InChI is InChI=1S/C14H7F3N4/c15-14(16,17)12-5-6-21(20-12)13-9(7-18)8-19-11-4-2-1-3-10(11)13/h1-6,8H. The van der Waals surface area contributed by atoms with Crippen LogP contribution in [-0.4, -0.2) is 14.8 Å². The average molecular weight is 288 g/mol. The van der Waals surface area contributed by atoms with Gasteiger partial charge < -0.3 is 0 Å².